The predicted molar refractivity (Wildman–Crippen MR) is 76.8 cm³/mol. The van der Waals surface area contributed by atoms with E-state index in [4.69, 9.17) is 0 Å². The first kappa shape index (κ1) is 14.8. The Balaban J connectivity index is 1.57. The van der Waals surface area contributed by atoms with E-state index in [0.717, 1.165) is 25.2 Å². The molecule has 19 heavy (non-hydrogen) atoms. The quantitative estimate of drug-likeness (QED) is 0.770. The summed E-state index contributed by atoms with van der Waals surface area (Å²) in [6.07, 6.45) is 11.7. The Morgan fingerprint density at radius 2 is 1.89 bits per heavy atom. The van der Waals surface area contributed by atoms with Crippen LogP contribution in [0.15, 0.2) is 0 Å². The smallest absolute Gasteiger partial charge is 0.222 e. The van der Waals surface area contributed by atoms with Gasteiger partial charge in [0.05, 0.1) is 6.10 Å². The monoisotopic (exact) mass is 267 g/mol. The number of hydrogen-bond acceptors (Lipinski definition) is 2. The third kappa shape index (κ3) is 5.13. The topological polar surface area (TPSA) is 40.5 Å². The average molecular weight is 267 g/mol. The van der Waals surface area contributed by atoms with Gasteiger partial charge < -0.3 is 10.0 Å². The van der Waals surface area contributed by atoms with Crippen molar-refractivity contribution in [2.24, 2.45) is 11.8 Å². The maximum absolute atomic E-state index is 12.0. The van der Waals surface area contributed by atoms with E-state index in [1.807, 2.05) is 7.05 Å². The highest BCUT2D eigenvalue weighted by atomic mass is 16.3. The lowest BCUT2D eigenvalue weighted by atomic mass is 9.86. The molecule has 2 rings (SSSR count). The van der Waals surface area contributed by atoms with E-state index in [1.165, 1.54) is 38.5 Å². The zero-order valence-electron chi connectivity index (χ0n) is 12.3. The third-order valence-electron chi connectivity index (χ3n) is 4.78. The number of carbonyl (C=O) groups excluding carboxylic acids is 1. The van der Waals surface area contributed by atoms with Gasteiger partial charge in [0.2, 0.25) is 5.91 Å². The van der Waals surface area contributed by atoms with Crippen LogP contribution in [0.2, 0.25) is 0 Å². The highest BCUT2D eigenvalue weighted by Crippen LogP contribution is 2.33. The molecule has 0 aliphatic heterocycles. The van der Waals surface area contributed by atoms with Gasteiger partial charge in [-0.25, -0.2) is 0 Å². The molecule has 0 aromatic heterocycles. The molecular formula is C16H29NO2. The normalized spacial score (nSPS) is 22.2. The molecule has 1 N–H and O–H groups in total. The molecule has 2 fully saturated rings. The largest absolute Gasteiger partial charge is 0.391 e. The fourth-order valence-electron chi connectivity index (χ4n) is 3.22. The lowest BCUT2D eigenvalue weighted by molar-refractivity contribution is -0.131. The Labute approximate surface area is 117 Å². The summed E-state index contributed by atoms with van der Waals surface area (Å²) in [7, 11) is 1.83. The third-order valence-corrected chi connectivity index (χ3v) is 4.78. The number of nitrogens with zero attached hydrogens (tertiary/aromatic N) is 1. The van der Waals surface area contributed by atoms with Crippen molar-refractivity contribution in [3.63, 3.8) is 0 Å². The molecule has 1 atom stereocenters. The van der Waals surface area contributed by atoms with Crippen LogP contribution in [0.3, 0.4) is 0 Å². The van der Waals surface area contributed by atoms with E-state index in [9.17, 15) is 9.90 Å². The number of likely N-dealkylation sites (N-methyl/N-ethyl adjacent to an activating group) is 1. The van der Waals surface area contributed by atoms with E-state index in [1.54, 1.807) is 4.90 Å². The Morgan fingerprint density at radius 1 is 1.21 bits per heavy atom. The molecule has 0 bridgehead atoms. The Hall–Kier alpha value is -0.570. The standard InChI is InChI=1S/C16H29NO2/c1-17(12-15(18)14-10-11-14)16(19)9-5-8-13-6-3-2-4-7-13/h13-15,18H,2-12H2,1H3. The van der Waals surface area contributed by atoms with Crippen LogP contribution in [0, 0.1) is 11.8 Å². The molecule has 0 radical (unpaired) electrons. The summed E-state index contributed by atoms with van der Waals surface area (Å²) in [6.45, 7) is 0.521. The van der Waals surface area contributed by atoms with E-state index >= 15 is 0 Å². The number of amides is 1. The van der Waals surface area contributed by atoms with Crippen molar-refractivity contribution < 1.29 is 9.90 Å². The lowest BCUT2D eigenvalue weighted by Crippen LogP contribution is -2.35. The van der Waals surface area contributed by atoms with Gasteiger partial charge in [-0.15, -0.1) is 0 Å². The summed E-state index contributed by atoms with van der Waals surface area (Å²) >= 11 is 0. The maximum Gasteiger partial charge on any atom is 0.222 e. The van der Waals surface area contributed by atoms with Gasteiger partial charge in [-0.1, -0.05) is 32.1 Å². The van der Waals surface area contributed by atoms with Gasteiger partial charge in [-0.3, -0.25) is 4.79 Å². The fraction of sp³-hybridized carbons (Fsp3) is 0.938. The van der Waals surface area contributed by atoms with Gasteiger partial charge in [-0.05, 0) is 37.5 Å². The van der Waals surface area contributed by atoms with Crippen LogP contribution < -0.4 is 0 Å². The van der Waals surface area contributed by atoms with E-state index < -0.39 is 0 Å². The van der Waals surface area contributed by atoms with E-state index in [0.29, 0.717) is 18.9 Å². The SMILES string of the molecule is CN(CC(O)C1CC1)C(=O)CCCC1CCCCC1. The lowest BCUT2D eigenvalue weighted by Gasteiger charge is -2.23. The molecule has 0 spiro atoms. The van der Waals surface area contributed by atoms with Gasteiger partial charge in [0.15, 0.2) is 0 Å². The van der Waals surface area contributed by atoms with Crippen LogP contribution in [0.1, 0.15) is 64.2 Å². The fourth-order valence-corrected chi connectivity index (χ4v) is 3.22. The molecule has 110 valence electrons. The first-order valence-electron chi connectivity index (χ1n) is 8.09. The molecule has 3 nitrogen and oxygen atoms in total. The van der Waals surface area contributed by atoms with Crippen molar-refractivity contribution >= 4 is 5.91 Å². The molecule has 0 heterocycles. The molecular weight excluding hydrogens is 238 g/mol. The van der Waals surface area contributed by atoms with Crippen LogP contribution in [-0.4, -0.2) is 35.6 Å². The zero-order valence-corrected chi connectivity index (χ0v) is 12.3. The zero-order chi connectivity index (χ0) is 13.7. The second kappa shape index (κ2) is 7.28. The van der Waals surface area contributed by atoms with Crippen LogP contribution in [0.4, 0.5) is 0 Å². The van der Waals surface area contributed by atoms with Crippen molar-refractivity contribution in [3.8, 4) is 0 Å². The molecule has 2 aliphatic carbocycles. The number of hydrogen-bond donors (Lipinski definition) is 1. The molecule has 0 aromatic rings. The molecule has 2 aliphatic rings. The highest BCUT2D eigenvalue weighted by molar-refractivity contribution is 5.75. The van der Waals surface area contributed by atoms with Gasteiger partial charge in [0.25, 0.3) is 0 Å². The van der Waals surface area contributed by atoms with Gasteiger partial charge in [0, 0.05) is 20.0 Å². The van der Waals surface area contributed by atoms with Crippen molar-refractivity contribution in [1.82, 2.24) is 4.90 Å². The first-order chi connectivity index (χ1) is 9.16. The van der Waals surface area contributed by atoms with Gasteiger partial charge in [-0.2, -0.15) is 0 Å². The van der Waals surface area contributed by atoms with Crippen molar-refractivity contribution in [3.05, 3.63) is 0 Å². The summed E-state index contributed by atoms with van der Waals surface area (Å²) in [5, 5.41) is 9.84. The van der Waals surface area contributed by atoms with E-state index in [-0.39, 0.29) is 12.0 Å². The molecule has 3 heteroatoms. The highest BCUT2D eigenvalue weighted by Gasteiger charge is 2.31. The summed E-state index contributed by atoms with van der Waals surface area (Å²) in [5.74, 6) is 1.52. The minimum Gasteiger partial charge on any atom is -0.391 e. The number of rotatable bonds is 7. The predicted octanol–water partition coefficient (Wildman–Crippen LogP) is 2.97. The van der Waals surface area contributed by atoms with Crippen LogP contribution in [-0.2, 0) is 4.79 Å². The molecule has 1 amide bonds. The second-order valence-electron chi connectivity index (χ2n) is 6.58. The second-order valence-corrected chi connectivity index (χ2v) is 6.58. The summed E-state index contributed by atoms with van der Waals surface area (Å²) in [4.78, 5) is 13.7. The van der Waals surface area contributed by atoms with Gasteiger partial charge >= 0.3 is 0 Å². The summed E-state index contributed by atoms with van der Waals surface area (Å²) in [5.41, 5.74) is 0. The average Bonchev–Trinajstić information content (AvgIpc) is 3.24. The number of aliphatic hydroxyl groups is 1. The Bertz CT molecular complexity index is 282. The Morgan fingerprint density at radius 3 is 2.53 bits per heavy atom. The molecule has 2 saturated carbocycles. The summed E-state index contributed by atoms with van der Waals surface area (Å²) < 4.78 is 0. The van der Waals surface area contributed by atoms with Crippen molar-refractivity contribution in [2.45, 2.75) is 70.3 Å². The molecule has 1 unspecified atom stereocenters. The Kier molecular flexibility index (Phi) is 5.68. The molecule has 0 aromatic carbocycles. The maximum atomic E-state index is 12.0. The first-order valence-corrected chi connectivity index (χ1v) is 8.09. The number of aliphatic hydroxyl groups excluding tert-OH is 1. The van der Waals surface area contributed by atoms with Gasteiger partial charge in [0.1, 0.15) is 0 Å². The molecule has 0 saturated heterocycles. The van der Waals surface area contributed by atoms with Crippen molar-refractivity contribution in [2.75, 3.05) is 13.6 Å². The number of carbonyl (C=O) groups is 1. The summed E-state index contributed by atoms with van der Waals surface area (Å²) in [6, 6.07) is 0. The van der Waals surface area contributed by atoms with Crippen LogP contribution >= 0.6 is 0 Å². The minimum absolute atomic E-state index is 0.204. The minimum atomic E-state index is -0.299. The van der Waals surface area contributed by atoms with Crippen molar-refractivity contribution in [1.29, 1.82) is 0 Å². The van der Waals surface area contributed by atoms with E-state index in [2.05, 4.69) is 0 Å². The van der Waals surface area contributed by atoms with Crippen LogP contribution in [0.25, 0.3) is 0 Å². The van der Waals surface area contributed by atoms with Crippen LogP contribution in [0.5, 0.6) is 0 Å².